The second kappa shape index (κ2) is 15.0. The summed E-state index contributed by atoms with van der Waals surface area (Å²) in [4.78, 5) is 78.4. The third-order valence-corrected chi connectivity index (χ3v) is 12.6. The van der Waals surface area contributed by atoms with Crippen molar-refractivity contribution in [3.63, 3.8) is 0 Å². The number of likely N-dealkylation sites (tertiary alicyclic amines) is 2. The van der Waals surface area contributed by atoms with E-state index >= 15 is 0 Å². The van der Waals surface area contributed by atoms with Crippen molar-refractivity contribution >= 4 is 57.0 Å². The van der Waals surface area contributed by atoms with Crippen molar-refractivity contribution in [2.75, 3.05) is 20.2 Å². The summed E-state index contributed by atoms with van der Waals surface area (Å²) in [5, 5.41) is 8.59. The number of amides is 4. The van der Waals surface area contributed by atoms with E-state index in [2.05, 4.69) is 44.9 Å². The van der Waals surface area contributed by atoms with E-state index in [9.17, 15) is 19.2 Å². The van der Waals surface area contributed by atoms with Crippen molar-refractivity contribution in [2.24, 2.45) is 11.8 Å². The Labute approximate surface area is 329 Å². The van der Waals surface area contributed by atoms with E-state index in [1.807, 2.05) is 43.6 Å². The van der Waals surface area contributed by atoms with Crippen molar-refractivity contribution in [3.05, 3.63) is 53.4 Å². The van der Waals surface area contributed by atoms with Gasteiger partial charge in [-0.1, -0.05) is 45.9 Å². The highest BCUT2D eigenvalue weighted by Gasteiger charge is 2.39. The number of thiazole rings is 1. The van der Waals surface area contributed by atoms with Gasteiger partial charge in [-0.2, -0.15) is 0 Å². The van der Waals surface area contributed by atoms with Crippen LogP contribution in [0.3, 0.4) is 0 Å². The highest BCUT2D eigenvalue weighted by Crippen LogP contribution is 2.43. The lowest BCUT2D eigenvalue weighted by molar-refractivity contribution is -0.138. The van der Waals surface area contributed by atoms with Gasteiger partial charge in [0, 0.05) is 31.0 Å². The number of carbonyl (C=O) groups is 4. The third-order valence-electron chi connectivity index (χ3n) is 11.4. The number of benzene rings is 2. The topological polar surface area (TPSA) is 178 Å². The monoisotopic (exact) mass is 779 g/mol. The van der Waals surface area contributed by atoms with Crippen molar-refractivity contribution in [1.82, 2.24) is 45.4 Å². The zero-order chi connectivity index (χ0) is 39.4. The van der Waals surface area contributed by atoms with Gasteiger partial charge in [-0.3, -0.25) is 14.4 Å². The van der Waals surface area contributed by atoms with E-state index in [4.69, 9.17) is 19.7 Å². The minimum Gasteiger partial charge on any atom is -0.453 e. The van der Waals surface area contributed by atoms with E-state index in [0.29, 0.717) is 13.1 Å². The van der Waals surface area contributed by atoms with Gasteiger partial charge in [-0.05, 0) is 67.9 Å². The number of methoxy groups -OCH3 is 1. The number of aromatic nitrogens is 5. The van der Waals surface area contributed by atoms with E-state index in [1.165, 1.54) is 14.0 Å². The Bertz CT molecular complexity index is 2340. The standard InChI is InChI=1S/C41H49N9O5S/c1-20(2)31(42-22(5)51)39(52)49-17-8-10-30(49)37-44-27-15-16-28-35(34(27)47-37)56-38(45-28)24-11-13-25-23(19-24)12-14-26-33(25)46-36(43-26)29-9-7-18-50(29)40(53)32(21(3)4)48-41(54)55-6/h11-14,19-21,29-32H,7-10,15-18H2,1-6H3,(H,42,51)(H,43,46)(H,44,47)(H,48,54)/t29-,30-,31-,32-/m0/s1. The minimum absolute atomic E-state index is 0.0317. The van der Waals surface area contributed by atoms with Crippen molar-refractivity contribution in [1.29, 1.82) is 0 Å². The molecule has 5 heterocycles. The van der Waals surface area contributed by atoms with Crippen LogP contribution < -0.4 is 10.6 Å². The molecule has 3 aromatic heterocycles. The lowest BCUT2D eigenvalue weighted by atomic mass is 10.0. The molecule has 56 heavy (non-hydrogen) atoms. The van der Waals surface area contributed by atoms with Gasteiger partial charge in [-0.25, -0.2) is 19.7 Å². The zero-order valence-electron chi connectivity index (χ0n) is 32.7. The number of aryl methyl sites for hydroxylation is 2. The van der Waals surface area contributed by atoms with Crippen LogP contribution in [0.1, 0.15) is 95.4 Å². The van der Waals surface area contributed by atoms with Crippen LogP contribution in [0.2, 0.25) is 0 Å². The summed E-state index contributed by atoms with van der Waals surface area (Å²) in [6.07, 6.45) is 4.25. The maximum absolute atomic E-state index is 13.7. The molecule has 5 aromatic rings. The number of hydrogen-bond acceptors (Lipinski definition) is 9. The van der Waals surface area contributed by atoms with Gasteiger partial charge in [0.25, 0.3) is 0 Å². The molecule has 0 unspecified atom stereocenters. The Kier molecular flexibility index (Phi) is 10.1. The first kappa shape index (κ1) is 37.6. The SMILES string of the molecule is COC(=O)N[C@H](C(=O)N1CCC[C@H]1c1nc2ccc3cc(-c4nc5c(s4)-c4[nH]c([C@@H]6CCCN6C(=O)[C@@H](NC(C)=O)C(C)C)nc4CC5)ccc3c2[nH]1)C(C)C. The first-order valence-electron chi connectivity index (χ1n) is 19.7. The molecular formula is C41H49N9O5S. The second-order valence-electron chi connectivity index (χ2n) is 15.9. The summed E-state index contributed by atoms with van der Waals surface area (Å²) in [7, 11) is 1.30. The van der Waals surface area contributed by atoms with Crippen molar-refractivity contribution < 1.29 is 23.9 Å². The fourth-order valence-electron chi connectivity index (χ4n) is 8.57. The highest BCUT2D eigenvalue weighted by atomic mass is 32.1. The Hall–Kier alpha value is -5.31. The van der Waals surface area contributed by atoms with Crippen LogP contribution in [0.4, 0.5) is 4.79 Å². The van der Waals surface area contributed by atoms with Crippen LogP contribution in [0.5, 0.6) is 0 Å². The molecule has 0 radical (unpaired) electrons. The molecule has 15 heteroatoms. The van der Waals surface area contributed by atoms with Gasteiger partial charge < -0.3 is 35.1 Å². The molecule has 2 fully saturated rings. The van der Waals surface area contributed by atoms with Gasteiger partial charge >= 0.3 is 6.09 Å². The van der Waals surface area contributed by atoms with Crippen LogP contribution in [0.15, 0.2) is 30.3 Å². The predicted octanol–water partition coefficient (Wildman–Crippen LogP) is 6.20. The molecule has 0 spiro atoms. The summed E-state index contributed by atoms with van der Waals surface area (Å²) in [5.41, 5.74) is 5.80. The molecule has 2 aliphatic heterocycles. The maximum Gasteiger partial charge on any atom is 0.407 e. The number of aromatic amines is 2. The lowest BCUT2D eigenvalue weighted by Crippen LogP contribution is -2.51. The van der Waals surface area contributed by atoms with Gasteiger partial charge in [0.15, 0.2) is 0 Å². The number of hydrogen-bond donors (Lipinski definition) is 4. The molecule has 4 amide bonds. The van der Waals surface area contributed by atoms with Crippen LogP contribution >= 0.6 is 11.3 Å². The summed E-state index contributed by atoms with van der Waals surface area (Å²) in [6, 6.07) is 8.81. The van der Waals surface area contributed by atoms with Gasteiger partial charge in [-0.15, -0.1) is 11.3 Å². The highest BCUT2D eigenvalue weighted by molar-refractivity contribution is 7.18. The Morgan fingerprint density at radius 1 is 0.821 bits per heavy atom. The number of nitrogens with zero attached hydrogens (tertiary/aromatic N) is 5. The molecule has 3 aliphatic rings. The molecule has 2 saturated heterocycles. The van der Waals surface area contributed by atoms with Crippen LogP contribution in [0, 0.1) is 11.8 Å². The van der Waals surface area contributed by atoms with E-state index in [0.717, 1.165) is 105 Å². The Morgan fingerprint density at radius 2 is 1.46 bits per heavy atom. The Balaban J connectivity index is 1.04. The largest absolute Gasteiger partial charge is 0.453 e. The van der Waals surface area contributed by atoms with E-state index in [-0.39, 0.29) is 41.6 Å². The number of fused-ring (bicyclic) bond motifs is 6. The quantitative estimate of drug-likeness (QED) is 0.137. The average Bonchev–Trinajstić information content (AvgIpc) is 4.02. The lowest BCUT2D eigenvalue weighted by Gasteiger charge is -2.30. The van der Waals surface area contributed by atoms with Crippen molar-refractivity contribution in [2.45, 2.75) is 97.3 Å². The number of ether oxygens (including phenoxy) is 1. The van der Waals surface area contributed by atoms with Gasteiger partial charge in [0.1, 0.15) is 28.7 Å². The predicted molar refractivity (Wildman–Crippen MR) is 214 cm³/mol. The van der Waals surface area contributed by atoms with Crippen LogP contribution in [-0.2, 0) is 32.0 Å². The molecule has 8 rings (SSSR count). The minimum atomic E-state index is -0.696. The molecule has 294 valence electrons. The molecule has 0 bridgehead atoms. The smallest absolute Gasteiger partial charge is 0.407 e. The number of carbonyl (C=O) groups excluding carboxylic acids is 4. The average molecular weight is 780 g/mol. The summed E-state index contributed by atoms with van der Waals surface area (Å²) >= 11 is 1.65. The summed E-state index contributed by atoms with van der Waals surface area (Å²) in [6.45, 7) is 10.4. The second-order valence-corrected chi connectivity index (χ2v) is 16.9. The molecular weight excluding hydrogens is 731 g/mol. The van der Waals surface area contributed by atoms with Crippen molar-refractivity contribution in [3.8, 4) is 21.1 Å². The molecule has 4 atom stereocenters. The molecule has 14 nitrogen and oxygen atoms in total. The first-order valence-corrected chi connectivity index (χ1v) is 20.5. The first-order chi connectivity index (χ1) is 26.9. The number of H-pyrrole nitrogens is 2. The van der Waals surface area contributed by atoms with E-state index in [1.54, 1.807) is 11.3 Å². The normalized spacial score (nSPS) is 19.1. The van der Waals surface area contributed by atoms with E-state index < -0.39 is 18.2 Å². The molecule has 2 aromatic carbocycles. The summed E-state index contributed by atoms with van der Waals surface area (Å²) in [5.74, 6) is 0.983. The van der Waals surface area contributed by atoms with Crippen LogP contribution in [0.25, 0.3) is 42.9 Å². The fraction of sp³-hybridized carbons (Fsp3) is 0.488. The number of imidazole rings is 2. The number of rotatable bonds is 9. The molecule has 4 N–H and O–H groups in total. The molecule has 0 saturated carbocycles. The maximum atomic E-state index is 13.7. The number of nitrogens with one attached hydrogen (secondary N) is 4. The number of alkyl carbamates (subject to hydrolysis) is 1. The van der Waals surface area contributed by atoms with Crippen LogP contribution in [-0.4, -0.2) is 90.8 Å². The zero-order valence-corrected chi connectivity index (χ0v) is 33.5. The van der Waals surface area contributed by atoms with Gasteiger partial charge in [0.2, 0.25) is 17.7 Å². The molecule has 1 aliphatic carbocycles. The van der Waals surface area contributed by atoms with Gasteiger partial charge in [0.05, 0.1) is 52.2 Å². The fourth-order valence-corrected chi connectivity index (χ4v) is 9.70. The Morgan fingerprint density at radius 3 is 2.11 bits per heavy atom. The summed E-state index contributed by atoms with van der Waals surface area (Å²) < 4.78 is 4.79. The third kappa shape index (κ3) is 6.79.